The molecule has 1 amide bonds. The number of carbonyl (C=O) groups excluding carboxylic acids is 1. The van der Waals surface area contributed by atoms with Gasteiger partial charge in [0.25, 0.3) is 5.91 Å². The summed E-state index contributed by atoms with van der Waals surface area (Å²) in [6.45, 7) is 2.57. The van der Waals surface area contributed by atoms with Crippen molar-refractivity contribution in [2.45, 2.75) is 13.5 Å². The molecule has 0 bridgehead atoms. The van der Waals surface area contributed by atoms with Crippen LogP contribution in [0.15, 0.2) is 75.2 Å². The average Bonchev–Trinajstić information content (AvgIpc) is 2.79. The highest BCUT2D eigenvalue weighted by molar-refractivity contribution is 9.10. The molecule has 0 radical (unpaired) electrons. The number of hydrogen-bond acceptors (Lipinski definition) is 4. The summed E-state index contributed by atoms with van der Waals surface area (Å²) in [6.07, 6.45) is 1.45. The molecule has 3 aromatic carbocycles. The molecule has 5 nitrogen and oxygen atoms in total. The lowest BCUT2D eigenvalue weighted by atomic mass is 10.1. The van der Waals surface area contributed by atoms with E-state index in [2.05, 4.69) is 37.2 Å². The molecule has 0 aromatic heterocycles. The average molecular weight is 574 g/mol. The van der Waals surface area contributed by atoms with Crippen molar-refractivity contribution >= 4 is 49.5 Å². The van der Waals surface area contributed by atoms with Gasteiger partial charge >= 0.3 is 0 Å². The first kappa shape index (κ1) is 24.5. The first-order valence-electron chi connectivity index (χ1n) is 9.92. The largest absolute Gasteiger partial charge is 0.490 e. The zero-order valence-corrected chi connectivity index (χ0v) is 20.7. The molecule has 0 atom stereocenters. The highest BCUT2D eigenvalue weighted by Gasteiger charge is 2.15. The smallest absolute Gasteiger partial charge is 0.266 e. The third-order valence-electron chi connectivity index (χ3n) is 4.44. The van der Waals surface area contributed by atoms with Gasteiger partial charge in [0.1, 0.15) is 24.1 Å². The normalized spacial score (nSPS) is 10.9. The van der Waals surface area contributed by atoms with Crippen molar-refractivity contribution in [3.05, 3.63) is 92.1 Å². The van der Waals surface area contributed by atoms with Crippen LogP contribution in [0.3, 0.4) is 0 Å². The molecule has 0 saturated heterocycles. The number of nitrogens with one attached hydrogen (secondary N) is 1. The predicted molar refractivity (Wildman–Crippen MR) is 132 cm³/mol. The minimum absolute atomic E-state index is 0.115. The van der Waals surface area contributed by atoms with Crippen molar-refractivity contribution in [1.29, 1.82) is 5.26 Å². The summed E-state index contributed by atoms with van der Waals surface area (Å²) in [5, 5.41) is 12.1. The number of hydrogen-bond donors (Lipinski definition) is 1. The van der Waals surface area contributed by atoms with Gasteiger partial charge in [0, 0.05) is 15.7 Å². The third kappa shape index (κ3) is 6.67. The van der Waals surface area contributed by atoms with Crippen molar-refractivity contribution in [3.63, 3.8) is 0 Å². The summed E-state index contributed by atoms with van der Waals surface area (Å²) in [6, 6.07) is 18.4. The van der Waals surface area contributed by atoms with Crippen LogP contribution in [0.1, 0.15) is 18.1 Å². The number of nitriles is 1. The van der Waals surface area contributed by atoms with Crippen LogP contribution in [0.5, 0.6) is 11.5 Å². The first-order valence-corrected chi connectivity index (χ1v) is 11.5. The molecule has 0 aliphatic carbocycles. The van der Waals surface area contributed by atoms with E-state index in [4.69, 9.17) is 9.47 Å². The van der Waals surface area contributed by atoms with Crippen LogP contribution in [0.4, 0.5) is 10.1 Å². The number of rotatable bonds is 8. The second kappa shape index (κ2) is 11.6. The lowest BCUT2D eigenvalue weighted by molar-refractivity contribution is -0.112. The van der Waals surface area contributed by atoms with E-state index < -0.39 is 11.7 Å². The summed E-state index contributed by atoms with van der Waals surface area (Å²) in [5.41, 5.74) is 1.81. The Hall–Kier alpha value is -3.15. The molecule has 0 aliphatic rings. The Balaban J connectivity index is 1.85. The maximum absolute atomic E-state index is 13.1. The fourth-order valence-electron chi connectivity index (χ4n) is 2.89. The van der Waals surface area contributed by atoms with Gasteiger partial charge in [0.05, 0.1) is 11.1 Å². The number of carbonyl (C=O) groups is 1. The van der Waals surface area contributed by atoms with Crippen LogP contribution >= 0.6 is 31.9 Å². The van der Waals surface area contributed by atoms with Crippen LogP contribution < -0.4 is 14.8 Å². The number of amides is 1. The van der Waals surface area contributed by atoms with Gasteiger partial charge in [-0.2, -0.15) is 5.26 Å². The Morgan fingerprint density at radius 2 is 1.82 bits per heavy atom. The second-order valence-corrected chi connectivity index (χ2v) is 8.48. The molecule has 168 valence electrons. The summed E-state index contributed by atoms with van der Waals surface area (Å²) >= 11 is 7.01. The lowest BCUT2D eigenvalue weighted by Gasteiger charge is -2.15. The molecule has 0 fully saturated rings. The van der Waals surface area contributed by atoms with Crippen molar-refractivity contribution in [2.24, 2.45) is 0 Å². The predicted octanol–water partition coefficient (Wildman–Crippen LogP) is 6.87. The molecule has 3 rings (SSSR count). The molecule has 0 spiro atoms. The topological polar surface area (TPSA) is 71.3 Å². The van der Waals surface area contributed by atoms with Gasteiger partial charge in [0.2, 0.25) is 0 Å². The monoisotopic (exact) mass is 572 g/mol. The van der Waals surface area contributed by atoms with E-state index in [1.807, 2.05) is 37.3 Å². The SMILES string of the molecule is CCOc1cc(/C=C(\C#N)C(=O)Nc2ccc(F)cc2)cc(Br)c1OCc1ccccc1Br. The van der Waals surface area contributed by atoms with E-state index in [-0.39, 0.29) is 5.57 Å². The lowest BCUT2D eigenvalue weighted by Crippen LogP contribution is -2.13. The number of nitrogens with zero attached hydrogens (tertiary/aromatic N) is 1. The Labute approximate surface area is 208 Å². The molecule has 0 heterocycles. The fraction of sp³-hybridized carbons (Fsp3) is 0.120. The highest BCUT2D eigenvalue weighted by Crippen LogP contribution is 2.38. The molecule has 0 unspecified atom stereocenters. The van der Waals surface area contributed by atoms with E-state index in [0.29, 0.717) is 40.4 Å². The van der Waals surface area contributed by atoms with Gasteiger partial charge in [-0.25, -0.2) is 4.39 Å². The molecular weight excluding hydrogens is 555 g/mol. The van der Waals surface area contributed by atoms with Crippen LogP contribution in [0.2, 0.25) is 0 Å². The highest BCUT2D eigenvalue weighted by atomic mass is 79.9. The van der Waals surface area contributed by atoms with Gasteiger partial charge in [-0.3, -0.25) is 4.79 Å². The van der Waals surface area contributed by atoms with Gasteiger partial charge in [-0.05, 0) is 77.0 Å². The zero-order valence-electron chi connectivity index (χ0n) is 17.6. The number of ether oxygens (including phenoxy) is 2. The summed E-state index contributed by atoms with van der Waals surface area (Å²) < 4.78 is 26.4. The summed E-state index contributed by atoms with van der Waals surface area (Å²) in [7, 11) is 0. The maximum atomic E-state index is 13.1. The van der Waals surface area contributed by atoms with Crippen LogP contribution in [0, 0.1) is 17.1 Å². The molecule has 0 saturated carbocycles. The molecular formula is C25H19Br2FN2O3. The van der Waals surface area contributed by atoms with E-state index in [1.54, 1.807) is 12.1 Å². The second-order valence-electron chi connectivity index (χ2n) is 6.77. The Bertz CT molecular complexity index is 1220. The van der Waals surface area contributed by atoms with E-state index in [9.17, 15) is 14.4 Å². The molecule has 0 aliphatic heterocycles. The molecule has 8 heteroatoms. The summed E-state index contributed by atoms with van der Waals surface area (Å²) in [4.78, 5) is 12.5. The van der Waals surface area contributed by atoms with E-state index >= 15 is 0 Å². The van der Waals surface area contributed by atoms with Gasteiger partial charge in [0.15, 0.2) is 11.5 Å². The molecule has 1 N–H and O–H groups in total. The fourth-order valence-corrected chi connectivity index (χ4v) is 3.86. The maximum Gasteiger partial charge on any atom is 0.266 e. The Kier molecular flexibility index (Phi) is 8.64. The van der Waals surface area contributed by atoms with Crippen molar-refractivity contribution in [2.75, 3.05) is 11.9 Å². The van der Waals surface area contributed by atoms with E-state index in [0.717, 1.165) is 10.0 Å². The minimum atomic E-state index is -0.604. The van der Waals surface area contributed by atoms with Crippen molar-refractivity contribution in [3.8, 4) is 17.6 Å². The van der Waals surface area contributed by atoms with E-state index in [1.165, 1.54) is 30.3 Å². The number of halogens is 3. The number of benzene rings is 3. The van der Waals surface area contributed by atoms with Crippen LogP contribution in [0.25, 0.3) is 6.08 Å². The Morgan fingerprint density at radius 1 is 1.09 bits per heavy atom. The Morgan fingerprint density at radius 3 is 2.48 bits per heavy atom. The first-order chi connectivity index (χ1) is 15.9. The van der Waals surface area contributed by atoms with Crippen LogP contribution in [-0.4, -0.2) is 12.5 Å². The van der Waals surface area contributed by atoms with Crippen LogP contribution in [-0.2, 0) is 11.4 Å². The van der Waals surface area contributed by atoms with Crippen molar-refractivity contribution in [1.82, 2.24) is 0 Å². The molecule has 3 aromatic rings. The van der Waals surface area contributed by atoms with Crippen molar-refractivity contribution < 1.29 is 18.7 Å². The third-order valence-corrected chi connectivity index (χ3v) is 5.80. The minimum Gasteiger partial charge on any atom is -0.490 e. The summed E-state index contributed by atoms with van der Waals surface area (Å²) in [5.74, 6) is -0.0350. The zero-order chi connectivity index (χ0) is 23.8. The molecule has 33 heavy (non-hydrogen) atoms. The van der Waals surface area contributed by atoms with Gasteiger partial charge < -0.3 is 14.8 Å². The van der Waals surface area contributed by atoms with Gasteiger partial charge in [-0.1, -0.05) is 34.1 Å². The standard InChI is InChI=1S/C25H19Br2FN2O3/c1-2-32-23-13-16(11-18(14-29)25(31)30-20-9-7-19(28)8-10-20)12-22(27)24(23)33-15-17-5-3-4-6-21(17)26/h3-13H,2,15H2,1H3,(H,30,31)/b18-11+. The number of anilines is 1. The van der Waals surface area contributed by atoms with Gasteiger partial charge in [-0.15, -0.1) is 0 Å². The quantitative estimate of drug-likeness (QED) is 0.236.